The Balaban J connectivity index is 2.05. The molecule has 0 spiro atoms. The number of hydrogen-bond acceptors (Lipinski definition) is 4. The van der Waals surface area contributed by atoms with Crippen LogP contribution in [0.3, 0.4) is 0 Å². The first kappa shape index (κ1) is 17.3. The van der Waals surface area contributed by atoms with Crippen LogP contribution in [0.25, 0.3) is 0 Å². The smallest absolute Gasteiger partial charge is 0.313 e. The molecule has 0 saturated carbocycles. The average Bonchev–Trinajstić information content (AvgIpc) is 2.62. The predicted molar refractivity (Wildman–Crippen MR) is 91.2 cm³/mol. The largest absolute Gasteiger partial charge is 0.497 e. The van der Waals surface area contributed by atoms with E-state index >= 15 is 0 Å². The topological polar surface area (TPSA) is 76.7 Å². The van der Waals surface area contributed by atoms with Gasteiger partial charge >= 0.3 is 11.8 Å². The minimum absolute atomic E-state index is 0.281. The molecule has 0 fully saturated rings. The van der Waals surface area contributed by atoms with Gasteiger partial charge in [0.15, 0.2) is 0 Å². The van der Waals surface area contributed by atoms with E-state index in [0.29, 0.717) is 17.2 Å². The lowest BCUT2D eigenvalue weighted by Crippen LogP contribution is -2.37. The van der Waals surface area contributed by atoms with Crippen LogP contribution in [0, 0.1) is 0 Å². The number of carbonyl (C=O) groups is 2. The van der Waals surface area contributed by atoms with Crippen LogP contribution in [0.4, 0.5) is 5.69 Å². The average molecular weight is 328 g/mol. The maximum absolute atomic E-state index is 12.1. The van der Waals surface area contributed by atoms with Crippen molar-refractivity contribution in [2.45, 2.75) is 13.0 Å². The molecule has 2 aromatic carbocycles. The molecule has 2 amide bonds. The van der Waals surface area contributed by atoms with E-state index in [9.17, 15) is 9.59 Å². The van der Waals surface area contributed by atoms with Crippen molar-refractivity contribution in [3.05, 3.63) is 54.1 Å². The highest BCUT2D eigenvalue weighted by atomic mass is 16.5. The third-order valence-corrected chi connectivity index (χ3v) is 3.51. The van der Waals surface area contributed by atoms with E-state index in [-0.39, 0.29) is 6.04 Å². The molecule has 0 aliphatic rings. The molecule has 0 heterocycles. The number of anilines is 1. The molecule has 0 unspecified atom stereocenters. The zero-order valence-corrected chi connectivity index (χ0v) is 13.8. The summed E-state index contributed by atoms with van der Waals surface area (Å²) in [4.78, 5) is 24.2. The Morgan fingerprint density at radius 3 is 2.29 bits per heavy atom. The zero-order chi connectivity index (χ0) is 17.5. The van der Waals surface area contributed by atoms with Gasteiger partial charge in [-0.05, 0) is 24.6 Å². The summed E-state index contributed by atoms with van der Waals surface area (Å²) in [6, 6.07) is 14.1. The summed E-state index contributed by atoms with van der Waals surface area (Å²) in [5, 5.41) is 5.20. The van der Waals surface area contributed by atoms with Gasteiger partial charge in [0.1, 0.15) is 11.5 Å². The molecule has 0 radical (unpaired) electrons. The van der Waals surface area contributed by atoms with Gasteiger partial charge in [0.25, 0.3) is 0 Å². The first-order chi connectivity index (χ1) is 11.5. The van der Waals surface area contributed by atoms with E-state index in [1.54, 1.807) is 18.2 Å². The summed E-state index contributed by atoms with van der Waals surface area (Å²) in [6.07, 6.45) is 0. The number of methoxy groups -OCH3 is 2. The molecular formula is C18H20N2O4. The van der Waals surface area contributed by atoms with Crippen molar-refractivity contribution in [2.75, 3.05) is 19.5 Å². The molecule has 0 bridgehead atoms. The molecule has 126 valence electrons. The first-order valence-corrected chi connectivity index (χ1v) is 7.44. The van der Waals surface area contributed by atoms with Gasteiger partial charge in [0.2, 0.25) is 0 Å². The second kappa shape index (κ2) is 8.01. The van der Waals surface area contributed by atoms with Crippen LogP contribution >= 0.6 is 0 Å². The van der Waals surface area contributed by atoms with Crippen LogP contribution < -0.4 is 20.1 Å². The Labute approximate surface area is 140 Å². The van der Waals surface area contributed by atoms with Crippen LogP contribution in [0.15, 0.2) is 48.5 Å². The van der Waals surface area contributed by atoms with Gasteiger partial charge < -0.3 is 20.1 Å². The van der Waals surface area contributed by atoms with Crippen LogP contribution in [-0.2, 0) is 9.59 Å². The highest BCUT2D eigenvalue weighted by Gasteiger charge is 2.19. The Morgan fingerprint density at radius 2 is 1.67 bits per heavy atom. The van der Waals surface area contributed by atoms with Crippen LogP contribution in [0.5, 0.6) is 11.5 Å². The molecule has 2 rings (SSSR count). The summed E-state index contributed by atoms with van der Waals surface area (Å²) in [5.74, 6) is -0.516. The number of amides is 2. The van der Waals surface area contributed by atoms with Gasteiger partial charge in [0.05, 0.1) is 25.9 Å². The van der Waals surface area contributed by atoms with Crippen molar-refractivity contribution in [1.29, 1.82) is 0 Å². The SMILES string of the molecule is COc1ccc(OC)c(NC(=O)C(=O)N[C@H](C)c2ccccc2)c1. The Kier molecular flexibility index (Phi) is 5.78. The molecule has 1 atom stereocenters. The molecule has 0 saturated heterocycles. The summed E-state index contributed by atoms with van der Waals surface area (Å²) < 4.78 is 10.3. The van der Waals surface area contributed by atoms with Gasteiger partial charge in [-0.15, -0.1) is 0 Å². The van der Waals surface area contributed by atoms with Gasteiger partial charge in [-0.1, -0.05) is 30.3 Å². The van der Waals surface area contributed by atoms with Crippen molar-refractivity contribution in [3.8, 4) is 11.5 Å². The fraction of sp³-hybridized carbons (Fsp3) is 0.222. The number of benzene rings is 2. The molecule has 6 heteroatoms. The fourth-order valence-electron chi connectivity index (χ4n) is 2.18. The lowest BCUT2D eigenvalue weighted by molar-refractivity contribution is -0.136. The minimum Gasteiger partial charge on any atom is -0.497 e. The summed E-state index contributed by atoms with van der Waals surface area (Å²) >= 11 is 0. The highest BCUT2D eigenvalue weighted by molar-refractivity contribution is 6.39. The monoisotopic (exact) mass is 328 g/mol. The van der Waals surface area contributed by atoms with Crippen molar-refractivity contribution >= 4 is 17.5 Å². The van der Waals surface area contributed by atoms with E-state index in [1.807, 2.05) is 37.3 Å². The molecule has 2 aromatic rings. The molecule has 6 nitrogen and oxygen atoms in total. The Bertz CT molecular complexity index is 716. The highest BCUT2D eigenvalue weighted by Crippen LogP contribution is 2.28. The van der Waals surface area contributed by atoms with E-state index < -0.39 is 11.8 Å². The van der Waals surface area contributed by atoms with E-state index in [2.05, 4.69) is 10.6 Å². The van der Waals surface area contributed by atoms with Gasteiger partial charge in [0, 0.05) is 6.07 Å². The molecule has 24 heavy (non-hydrogen) atoms. The second-order valence-electron chi connectivity index (χ2n) is 5.13. The van der Waals surface area contributed by atoms with Crippen molar-refractivity contribution < 1.29 is 19.1 Å². The van der Waals surface area contributed by atoms with Crippen molar-refractivity contribution in [1.82, 2.24) is 5.32 Å². The van der Waals surface area contributed by atoms with Crippen molar-refractivity contribution in [3.63, 3.8) is 0 Å². The Hall–Kier alpha value is -3.02. The second-order valence-corrected chi connectivity index (χ2v) is 5.13. The van der Waals surface area contributed by atoms with Gasteiger partial charge in [-0.2, -0.15) is 0 Å². The Morgan fingerprint density at radius 1 is 0.958 bits per heavy atom. The third kappa shape index (κ3) is 4.25. The quantitative estimate of drug-likeness (QED) is 0.827. The summed E-state index contributed by atoms with van der Waals surface area (Å²) in [7, 11) is 3.00. The number of nitrogens with one attached hydrogen (secondary N) is 2. The molecular weight excluding hydrogens is 308 g/mol. The normalized spacial score (nSPS) is 11.3. The van der Waals surface area contributed by atoms with Gasteiger partial charge in [-0.25, -0.2) is 0 Å². The van der Waals surface area contributed by atoms with Crippen LogP contribution in [0.1, 0.15) is 18.5 Å². The maximum atomic E-state index is 12.1. The van der Waals surface area contributed by atoms with Gasteiger partial charge in [-0.3, -0.25) is 9.59 Å². The summed E-state index contributed by atoms with van der Waals surface area (Å²) in [6.45, 7) is 1.81. The lowest BCUT2D eigenvalue weighted by Gasteiger charge is -2.15. The molecule has 0 aromatic heterocycles. The number of rotatable bonds is 5. The maximum Gasteiger partial charge on any atom is 0.313 e. The number of ether oxygens (including phenoxy) is 2. The standard InChI is InChI=1S/C18H20N2O4/c1-12(13-7-5-4-6-8-13)19-17(21)18(22)20-15-11-14(23-2)9-10-16(15)24-3/h4-12H,1-3H3,(H,19,21)(H,20,22)/t12-/m1/s1. The predicted octanol–water partition coefficient (Wildman–Crippen LogP) is 2.52. The number of hydrogen-bond donors (Lipinski definition) is 2. The summed E-state index contributed by atoms with van der Waals surface area (Å²) in [5.41, 5.74) is 1.28. The van der Waals surface area contributed by atoms with E-state index in [0.717, 1.165) is 5.56 Å². The van der Waals surface area contributed by atoms with Crippen molar-refractivity contribution in [2.24, 2.45) is 0 Å². The first-order valence-electron chi connectivity index (χ1n) is 7.44. The molecule has 2 N–H and O–H groups in total. The van der Waals surface area contributed by atoms with E-state index in [1.165, 1.54) is 14.2 Å². The zero-order valence-electron chi connectivity index (χ0n) is 13.8. The van der Waals surface area contributed by atoms with E-state index in [4.69, 9.17) is 9.47 Å². The van der Waals surface area contributed by atoms with Crippen LogP contribution in [-0.4, -0.2) is 26.0 Å². The number of carbonyl (C=O) groups excluding carboxylic acids is 2. The molecule has 0 aliphatic carbocycles. The lowest BCUT2D eigenvalue weighted by atomic mass is 10.1. The fourth-order valence-corrected chi connectivity index (χ4v) is 2.18. The van der Waals surface area contributed by atoms with Crippen LogP contribution in [0.2, 0.25) is 0 Å². The molecule has 0 aliphatic heterocycles. The third-order valence-electron chi connectivity index (χ3n) is 3.51. The minimum atomic E-state index is -0.774.